The SMILES string of the molecule is NC(CSc1nnnn1C1CC1)c1cc(F)ccc1F. The van der Waals surface area contributed by atoms with Gasteiger partial charge in [-0.05, 0) is 41.5 Å². The van der Waals surface area contributed by atoms with Gasteiger partial charge in [-0.1, -0.05) is 11.8 Å². The maximum atomic E-state index is 13.6. The lowest BCUT2D eigenvalue weighted by Gasteiger charge is -2.12. The van der Waals surface area contributed by atoms with Crippen LogP contribution in [0.2, 0.25) is 0 Å². The first kappa shape index (κ1) is 13.4. The van der Waals surface area contributed by atoms with Crippen LogP contribution < -0.4 is 5.73 Å². The molecule has 5 nitrogen and oxygen atoms in total. The minimum absolute atomic E-state index is 0.169. The Morgan fingerprint density at radius 2 is 2.20 bits per heavy atom. The summed E-state index contributed by atoms with van der Waals surface area (Å²) < 4.78 is 28.5. The minimum atomic E-state index is -0.611. The van der Waals surface area contributed by atoms with Gasteiger partial charge in [-0.15, -0.1) is 5.10 Å². The average molecular weight is 297 g/mol. The fourth-order valence-electron chi connectivity index (χ4n) is 1.88. The van der Waals surface area contributed by atoms with Crippen LogP contribution in [0.4, 0.5) is 8.78 Å². The molecule has 1 fully saturated rings. The number of benzene rings is 1. The first-order valence-electron chi connectivity index (χ1n) is 6.26. The Labute approximate surface area is 118 Å². The normalized spacial score (nSPS) is 16.4. The molecule has 20 heavy (non-hydrogen) atoms. The van der Waals surface area contributed by atoms with Crippen molar-refractivity contribution in [3.63, 3.8) is 0 Å². The van der Waals surface area contributed by atoms with Crippen molar-refractivity contribution in [2.24, 2.45) is 5.73 Å². The molecule has 1 unspecified atom stereocenters. The molecule has 0 saturated heterocycles. The summed E-state index contributed by atoms with van der Waals surface area (Å²) in [7, 11) is 0. The second kappa shape index (κ2) is 5.45. The van der Waals surface area contributed by atoms with Crippen molar-refractivity contribution < 1.29 is 8.78 Å². The lowest BCUT2D eigenvalue weighted by molar-refractivity contribution is 0.563. The van der Waals surface area contributed by atoms with E-state index in [2.05, 4.69) is 15.5 Å². The van der Waals surface area contributed by atoms with Gasteiger partial charge < -0.3 is 5.73 Å². The zero-order valence-corrected chi connectivity index (χ0v) is 11.4. The van der Waals surface area contributed by atoms with E-state index in [1.165, 1.54) is 11.8 Å². The largest absolute Gasteiger partial charge is 0.323 e. The first-order valence-corrected chi connectivity index (χ1v) is 7.25. The van der Waals surface area contributed by atoms with E-state index in [9.17, 15) is 8.78 Å². The van der Waals surface area contributed by atoms with Gasteiger partial charge in [0.2, 0.25) is 5.16 Å². The van der Waals surface area contributed by atoms with Crippen LogP contribution >= 0.6 is 11.8 Å². The number of hydrogen-bond donors (Lipinski definition) is 1. The molecule has 106 valence electrons. The summed E-state index contributed by atoms with van der Waals surface area (Å²) in [6.07, 6.45) is 2.15. The van der Waals surface area contributed by atoms with Crippen molar-refractivity contribution in [2.45, 2.75) is 30.1 Å². The lowest BCUT2D eigenvalue weighted by atomic mass is 10.1. The highest BCUT2D eigenvalue weighted by Crippen LogP contribution is 2.36. The molecule has 0 radical (unpaired) electrons. The van der Waals surface area contributed by atoms with Gasteiger partial charge in [0.25, 0.3) is 0 Å². The number of nitrogens with zero attached hydrogens (tertiary/aromatic N) is 4. The summed E-state index contributed by atoms with van der Waals surface area (Å²) in [5.41, 5.74) is 6.09. The van der Waals surface area contributed by atoms with Crippen LogP contribution in [0.15, 0.2) is 23.4 Å². The molecule has 1 aromatic heterocycles. The maximum Gasteiger partial charge on any atom is 0.209 e. The zero-order valence-electron chi connectivity index (χ0n) is 10.5. The van der Waals surface area contributed by atoms with Crippen molar-refractivity contribution in [1.29, 1.82) is 0 Å². The summed E-state index contributed by atoms with van der Waals surface area (Å²) in [5, 5.41) is 12.1. The van der Waals surface area contributed by atoms with Crippen molar-refractivity contribution in [3.05, 3.63) is 35.4 Å². The van der Waals surface area contributed by atoms with Gasteiger partial charge in [0, 0.05) is 17.4 Å². The van der Waals surface area contributed by atoms with E-state index in [4.69, 9.17) is 5.73 Å². The highest BCUT2D eigenvalue weighted by atomic mass is 32.2. The number of halogens is 2. The second-order valence-corrected chi connectivity index (χ2v) is 5.71. The molecule has 1 aromatic carbocycles. The van der Waals surface area contributed by atoms with Crippen molar-refractivity contribution in [1.82, 2.24) is 20.2 Å². The van der Waals surface area contributed by atoms with Crippen LogP contribution in [0.5, 0.6) is 0 Å². The quantitative estimate of drug-likeness (QED) is 0.856. The van der Waals surface area contributed by atoms with E-state index in [0.29, 0.717) is 17.0 Å². The monoisotopic (exact) mass is 297 g/mol. The Bertz CT molecular complexity index is 614. The van der Waals surface area contributed by atoms with Crippen molar-refractivity contribution in [3.8, 4) is 0 Å². The fourth-order valence-corrected chi connectivity index (χ4v) is 2.80. The third-order valence-corrected chi connectivity index (χ3v) is 4.16. The molecule has 1 aliphatic carbocycles. The van der Waals surface area contributed by atoms with Gasteiger partial charge in [-0.2, -0.15) is 0 Å². The van der Waals surface area contributed by atoms with Gasteiger partial charge in [0.15, 0.2) is 0 Å². The molecule has 0 aliphatic heterocycles. The lowest BCUT2D eigenvalue weighted by Crippen LogP contribution is -2.15. The van der Waals surface area contributed by atoms with E-state index in [1.54, 1.807) is 4.68 Å². The standard InChI is InChI=1S/C12H13F2N5S/c13-7-1-4-10(14)9(5-7)11(15)6-20-12-16-17-18-19(12)8-2-3-8/h1,4-5,8,11H,2-3,6,15H2. The van der Waals surface area contributed by atoms with Crippen LogP contribution in [0, 0.1) is 11.6 Å². The summed E-state index contributed by atoms with van der Waals surface area (Å²) in [6, 6.07) is 3.05. The molecule has 1 atom stereocenters. The second-order valence-electron chi connectivity index (χ2n) is 4.72. The van der Waals surface area contributed by atoms with E-state index in [1.807, 2.05) is 0 Å². The third kappa shape index (κ3) is 2.80. The number of hydrogen-bond acceptors (Lipinski definition) is 5. The van der Waals surface area contributed by atoms with Crippen molar-refractivity contribution >= 4 is 11.8 Å². The Balaban J connectivity index is 1.68. The van der Waals surface area contributed by atoms with E-state index >= 15 is 0 Å². The van der Waals surface area contributed by atoms with Crippen molar-refractivity contribution in [2.75, 3.05) is 5.75 Å². The Kier molecular flexibility index (Phi) is 3.66. The summed E-state index contributed by atoms with van der Waals surface area (Å²) >= 11 is 1.35. The molecule has 2 N–H and O–H groups in total. The van der Waals surface area contributed by atoms with E-state index < -0.39 is 17.7 Å². The predicted molar refractivity (Wildman–Crippen MR) is 70.1 cm³/mol. The van der Waals surface area contributed by atoms with Gasteiger partial charge in [0.1, 0.15) is 11.6 Å². The molecular formula is C12H13F2N5S. The van der Waals surface area contributed by atoms with E-state index in [0.717, 1.165) is 31.0 Å². The number of nitrogens with two attached hydrogens (primary N) is 1. The van der Waals surface area contributed by atoms with Gasteiger partial charge in [-0.3, -0.25) is 0 Å². The number of aromatic nitrogens is 4. The van der Waals surface area contributed by atoms with Crippen LogP contribution in [0.1, 0.15) is 30.5 Å². The highest BCUT2D eigenvalue weighted by molar-refractivity contribution is 7.99. The minimum Gasteiger partial charge on any atom is -0.323 e. The van der Waals surface area contributed by atoms with Crippen LogP contribution in [0.25, 0.3) is 0 Å². The van der Waals surface area contributed by atoms with Gasteiger partial charge in [-0.25, -0.2) is 13.5 Å². The highest BCUT2D eigenvalue weighted by Gasteiger charge is 2.28. The molecule has 0 bridgehead atoms. The first-order chi connectivity index (χ1) is 9.65. The zero-order chi connectivity index (χ0) is 14.1. The van der Waals surface area contributed by atoms with Gasteiger partial charge >= 0.3 is 0 Å². The van der Waals surface area contributed by atoms with Gasteiger partial charge in [0.05, 0.1) is 6.04 Å². The smallest absolute Gasteiger partial charge is 0.209 e. The fraction of sp³-hybridized carbons (Fsp3) is 0.417. The maximum absolute atomic E-state index is 13.6. The Morgan fingerprint density at radius 1 is 1.40 bits per heavy atom. The predicted octanol–water partition coefficient (Wildman–Crippen LogP) is 2.08. The summed E-state index contributed by atoms with van der Waals surface area (Å²) in [5.74, 6) is -0.612. The van der Waals surface area contributed by atoms with Crippen LogP contribution in [-0.2, 0) is 0 Å². The van der Waals surface area contributed by atoms with E-state index in [-0.39, 0.29) is 5.56 Å². The summed E-state index contributed by atoms with van der Waals surface area (Å²) in [4.78, 5) is 0. The van der Waals surface area contributed by atoms with Crippen LogP contribution in [-0.4, -0.2) is 26.0 Å². The molecule has 0 amide bonds. The molecule has 1 heterocycles. The molecule has 0 spiro atoms. The molecule has 2 aromatic rings. The molecule has 1 saturated carbocycles. The average Bonchev–Trinajstić information content (AvgIpc) is 3.18. The number of tetrazole rings is 1. The molecule has 3 rings (SSSR count). The number of rotatable bonds is 5. The number of thioether (sulfide) groups is 1. The molecule has 8 heteroatoms. The van der Waals surface area contributed by atoms with Crippen LogP contribution in [0.3, 0.4) is 0 Å². The Hall–Kier alpha value is -1.54. The molecule has 1 aliphatic rings. The third-order valence-electron chi connectivity index (χ3n) is 3.10. The summed E-state index contributed by atoms with van der Waals surface area (Å²) in [6.45, 7) is 0. The topological polar surface area (TPSA) is 69.6 Å². The molecular weight excluding hydrogens is 284 g/mol. The Morgan fingerprint density at radius 3 is 2.95 bits per heavy atom.